The average molecular weight is 317 g/mol. The summed E-state index contributed by atoms with van der Waals surface area (Å²) in [6.45, 7) is 0.835. The number of nitrogens with one attached hydrogen (secondary N) is 1. The Labute approximate surface area is 134 Å². The van der Waals surface area contributed by atoms with Gasteiger partial charge in [0.1, 0.15) is 18.2 Å². The molecule has 0 amide bonds. The molecule has 0 radical (unpaired) electrons. The van der Waals surface area contributed by atoms with Crippen LogP contribution in [-0.2, 0) is 16.1 Å². The summed E-state index contributed by atoms with van der Waals surface area (Å²) in [7, 11) is 2.99. The van der Waals surface area contributed by atoms with Gasteiger partial charge >= 0.3 is 5.97 Å². The third-order valence-corrected chi connectivity index (χ3v) is 3.05. The van der Waals surface area contributed by atoms with E-state index in [9.17, 15) is 4.79 Å². The number of rotatable bonds is 8. The molecule has 0 fully saturated rings. The van der Waals surface area contributed by atoms with Crippen LogP contribution in [0.2, 0.25) is 0 Å². The quantitative estimate of drug-likeness (QED) is 0.746. The van der Waals surface area contributed by atoms with Gasteiger partial charge in [-0.1, -0.05) is 12.1 Å². The minimum atomic E-state index is -0.273. The van der Waals surface area contributed by atoms with E-state index in [1.807, 2.05) is 24.3 Å². The second kappa shape index (κ2) is 8.57. The zero-order valence-corrected chi connectivity index (χ0v) is 13.1. The van der Waals surface area contributed by atoms with Gasteiger partial charge in [-0.15, -0.1) is 10.2 Å². The first kappa shape index (κ1) is 16.5. The number of hydrogen-bond donors (Lipinski definition) is 1. The molecule has 2 rings (SSSR count). The van der Waals surface area contributed by atoms with Gasteiger partial charge in [0.2, 0.25) is 5.88 Å². The lowest BCUT2D eigenvalue weighted by atomic mass is 10.2. The van der Waals surface area contributed by atoms with Crippen molar-refractivity contribution in [2.45, 2.75) is 13.0 Å². The Bertz CT molecular complexity index is 614. The van der Waals surface area contributed by atoms with E-state index in [1.165, 1.54) is 7.11 Å². The number of methoxy groups -OCH3 is 2. The van der Waals surface area contributed by atoms with Crippen LogP contribution < -0.4 is 14.8 Å². The summed E-state index contributed by atoms with van der Waals surface area (Å²) in [6, 6.07) is 11.1. The van der Waals surface area contributed by atoms with Crippen molar-refractivity contribution in [3.05, 3.63) is 42.0 Å². The van der Waals surface area contributed by atoms with Crippen LogP contribution in [0.5, 0.6) is 11.6 Å². The molecule has 2 aromatic rings. The fourth-order valence-corrected chi connectivity index (χ4v) is 1.77. The molecule has 1 heterocycles. The van der Waals surface area contributed by atoms with Crippen molar-refractivity contribution in [1.82, 2.24) is 10.2 Å². The van der Waals surface area contributed by atoms with Crippen molar-refractivity contribution in [2.24, 2.45) is 0 Å². The van der Waals surface area contributed by atoms with Crippen LogP contribution in [0.25, 0.3) is 0 Å². The highest BCUT2D eigenvalue weighted by molar-refractivity contribution is 5.69. The van der Waals surface area contributed by atoms with Gasteiger partial charge in [-0.2, -0.15) is 0 Å². The second-order valence-corrected chi connectivity index (χ2v) is 4.65. The molecule has 23 heavy (non-hydrogen) atoms. The highest BCUT2D eigenvalue weighted by atomic mass is 16.5. The molecule has 0 aliphatic heterocycles. The van der Waals surface area contributed by atoms with Gasteiger partial charge in [0.25, 0.3) is 0 Å². The van der Waals surface area contributed by atoms with E-state index in [0.717, 1.165) is 11.3 Å². The number of benzene rings is 1. The first-order valence-corrected chi connectivity index (χ1v) is 7.11. The van der Waals surface area contributed by atoms with Crippen molar-refractivity contribution in [1.29, 1.82) is 0 Å². The van der Waals surface area contributed by atoms with Crippen molar-refractivity contribution >= 4 is 11.8 Å². The number of carbonyl (C=O) groups is 1. The lowest BCUT2D eigenvalue weighted by molar-refractivity contribution is -0.140. The number of nitrogens with zero attached hydrogens (tertiary/aromatic N) is 2. The maximum atomic E-state index is 11.0. The lowest BCUT2D eigenvalue weighted by Crippen LogP contribution is -2.10. The van der Waals surface area contributed by atoms with Gasteiger partial charge in [-0.3, -0.25) is 4.79 Å². The molecule has 0 unspecified atom stereocenters. The molecule has 0 saturated carbocycles. The molecule has 0 aliphatic rings. The molecule has 1 aromatic carbocycles. The Balaban J connectivity index is 1.78. The predicted molar refractivity (Wildman–Crippen MR) is 84.5 cm³/mol. The van der Waals surface area contributed by atoms with Crippen LogP contribution in [0.4, 0.5) is 5.82 Å². The van der Waals surface area contributed by atoms with E-state index >= 15 is 0 Å². The van der Waals surface area contributed by atoms with Gasteiger partial charge in [-0.05, 0) is 23.8 Å². The van der Waals surface area contributed by atoms with Crippen LogP contribution in [0.1, 0.15) is 12.0 Å². The van der Waals surface area contributed by atoms with Crippen LogP contribution in [0, 0.1) is 0 Å². The van der Waals surface area contributed by atoms with Crippen LogP contribution in [0.15, 0.2) is 36.4 Å². The van der Waals surface area contributed by atoms with E-state index in [2.05, 4.69) is 20.3 Å². The SMILES string of the molecule is COC(=O)CCNc1ccc(OCc2ccc(OC)cc2)nn1. The smallest absolute Gasteiger partial charge is 0.307 e. The summed E-state index contributed by atoms with van der Waals surface area (Å²) in [5, 5.41) is 10.9. The maximum Gasteiger partial charge on any atom is 0.307 e. The first-order chi connectivity index (χ1) is 11.2. The standard InChI is InChI=1S/C16H19N3O4/c1-21-13-5-3-12(4-6-13)11-23-15-8-7-14(18-19-15)17-10-9-16(20)22-2/h3-8H,9-11H2,1-2H3,(H,17,18). The molecule has 1 aromatic heterocycles. The first-order valence-electron chi connectivity index (χ1n) is 7.11. The van der Waals surface area contributed by atoms with E-state index in [0.29, 0.717) is 24.8 Å². The third-order valence-electron chi connectivity index (χ3n) is 3.05. The average Bonchev–Trinajstić information content (AvgIpc) is 2.61. The number of aromatic nitrogens is 2. The van der Waals surface area contributed by atoms with Crippen LogP contribution in [-0.4, -0.2) is 36.9 Å². The minimum absolute atomic E-state index is 0.272. The number of ether oxygens (including phenoxy) is 3. The summed E-state index contributed by atoms with van der Waals surface area (Å²) in [4.78, 5) is 11.0. The van der Waals surface area contributed by atoms with Crippen molar-refractivity contribution in [2.75, 3.05) is 26.1 Å². The molecule has 0 bridgehead atoms. The molecule has 7 heteroatoms. The van der Waals surface area contributed by atoms with Crippen molar-refractivity contribution in [3.63, 3.8) is 0 Å². The summed E-state index contributed by atoms with van der Waals surface area (Å²) in [5.41, 5.74) is 1.01. The van der Waals surface area contributed by atoms with Crippen molar-refractivity contribution in [3.8, 4) is 11.6 Å². The normalized spacial score (nSPS) is 10.0. The van der Waals surface area contributed by atoms with Crippen LogP contribution >= 0.6 is 0 Å². The topological polar surface area (TPSA) is 82.6 Å². The Morgan fingerprint density at radius 3 is 2.48 bits per heavy atom. The van der Waals surface area contributed by atoms with Crippen LogP contribution in [0.3, 0.4) is 0 Å². The van der Waals surface area contributed by atoms with E-state index < -0.39 is 0 Å². The number of hydrogen-bond acceptors (Lipinski definition) is 7. The maximum absolute atomic E-state index is 11.0. The highest BCUT2D eigenvalue weighted by Crippen LogP contribution is 2.14. The Hall–Kier alpha value is -2.83. The van der Waals surface area contributed by atoms with E-state index in [4.69, 9.17) is 9.47 Å². The molecule has 7 nitrogen and oxygen atoms in total. The molecule has 122 valence electrons. The highest BCUT2D eigenvalue weighted by Gasteiger charge is 2.02. The largest absolute Gasteiger partial charge is 0.497 e. The zero-order valence-electron chi connectivity index (χ0n) is 13.1. The van der Waals surface area contributed by atoms with Gasteiger partial charge in [0, 0.05) is 12.6 Å². The fraction of sp³-hybridized carbons (Fsp3) is 0.312. The zero-order chi connectivity index (χ0) is 16.5. The van der Waals surface area contributed by atoms with E-state index in [-0.39, 0.29) is 12.4 Å². The van der Waals surface area contributed by atoms with Gasteiger partial charge in [0.05, 0.1) is 20.6 Å². The number of carbonyl (C=O) groups excluding carboxylic acids is 1. The fourth-order valence-electron chi connectivity index (χ4n) is 1.77. The van der Waals surface area contributed by atoms with Gasteiger partial charge in [0.15, 0.2) is 0 Å². The minimum Gasteiger partial charge on any atom is -0.497 e. The summed E-state index contributed by atoms with van der Waals surface area (Å²) in [6.07, 6.45) is 0.272. The molecule has 0 saturated heterocycles. The Morgan fingerprint density at radius 2 is 1.87 bits per heavy atom. The number of anilines is 1. The third kappa shape index (κ3) is 5.46. The van der Waals surface area contributed by atoms with E-state index in [1.54, 1.807) is 19.2 Å². The lowest BCUT2D eigenvalue weighted by Gasteiger charge is -2.07. The molecule has 0 atom stereocenters. The monoisotopic (exact) mass is 317 g/mol. The Morgan fingerprint density at radius 1 is 1.09 bits per heavy atom. The Kier molecular flexibility index (Phi) is 6.17. The molecule has 0 spiro atoms. The second-order valence-electron chi connectivity index (χ2n) is 4.65. The summed E-state index contributed by atoms with van der Waals surface area (Å²) in [5.74, 6) is 1.53. The summed E-state index contributed by atoms with van der Waals surface area (Å²) < 4.78 is 15.2. The molecule has 0 aliphatic carbocycles. The van der Waals surface area contributed by atoms with Crippen molar-refractivity contribution < 1.29 is 19.0 Å². The summed E-state index contributed by atoms with van der Waals surface area (Å²) >= 11 is 0. The van der Waals surface area contributed by atoms with Gasteiger partial charge in [-0.25, -0.2) is 0 Å². The predicted octanol–water partition coefficient (Wildman–Crippen LogP) is 2.04. The van der Waals surface area contributed by atoms with Gasteiger partial charge < -0.3 is 19.5 Å². The number of esters is 1. The molecule has 1 N–H and O–H groups in total. The molecular formula is C16H19N3O4. The molecular weight excluding hydrogens is 298 g/mol.